The first kappa shape index (κ1) is 14.5. The molecule has 0 spiro atoms. The van der Waals surface area contributed by atoms with Crippen molar-refractivity contribution in [1.29, 1.82) is 0 Å². The second kappa shape index (κ2) is 4.87. The molecule has 1 aliphatic carbocycles. The van der Waals surface area contributed by atoms with Gasteiger partial charge in [-0.15, -0.1) is 11.3 Å². The van der Waals surface area contributed by atoms with Crippen LogP contribution >= 0.6 is 11.3 Å². The first-order chi connectivity index (χ1) is 8.75. The molecule has 0 amide bonds. The predicted octanol–water partition coefficient (Wildman–Crippen LogP) is 2.88. The van der Waals surface area contributed by atoms with Crippen LogP contribution in [-0.2, 0) is 10.4 Å². The Hall–Kier alpha value is -0.940. The summed E-state index contributed by atoms with van der Waals surface area (Å²) in [6, 6.07) is 0. The van der Waals surface area contributed by atoms with E-state index >= 15 is 0 Å². The Morgan fingerprint density at radius 1 is 1.53 bits per heavy atom. The van der Waals surface area contributed by atoms with E-state index in [2.05, 4.69) is 4.98 Å². The van der Waals surface area contributed by atoms with Crippen LogP contribution < -0.4 is 0 Å². The number of thiazole rings is 1. The summed E-state index contributed by atoms with van der Waals surface area (Å²) in [6.45, 7) is 5.76. The summed E-state index contributed by atoms with van der Waals surface area (Å²) in [5.41, 5.74) is -1.26. The van der Waals surface area contributed by atoms with Crippen molar-refractivity contribution >= 4 is 17.3 Å². The van der Waals surface area contributed by atoms with Gasteiger partial charge in [-0.05, 0) is 37.5 Å². The Labute approximate surface area is 117 Å². The van der Waals surface area contributed by atoms with Crippen molar-refractivity contribution in [2.45, 2.75) is 45.6 Å². The maximum absolute atomic E-state index is 11.3. The third kappa shape index (κ3) is 2.67. The molecule has 0 aliphatic heterocycles. The van der Waals surface area contributed by atoms with E-state index in [-0.39, 0.29) is 17.3 Å². The number of rotatable bonds is 3. The minimum atomic E-state index is -0.963. The lowest BCUT2D eigenvalue weighted by Gasteiger charge is -2.44. The van der Waals surface area contributed by atoms with Gasteiger partial charge in [-0.25, -0.2) is 4.98 Å². The highest BCUT2D eigenvalue weighted by Crippen LogP contribution is 2.49. The molecule has 3 atom stereocenters. The molecule has 0 aromatic carbocycles. The number of hydrogen-bond donors (Lipinski definition) is 2. The van der Waals surface area contributed by atoms with E-state index in [1.807, 2.05) is 19.2 Å². The van der Waals surface area contributed by atoms with Crippen molar-refractivity contribution in [2.75, 3.05) is 0 Å². The van der Waals surface area contributed by atoms with E-state index in [1.165, 1.54) is 11.3 Å². The Bertz CT molecular complexity index is 453. The van der Waals surface area contributed by atoms with Crippen LogP contribution in [0.3, 0.4) is 0 Å². The van der Waals surface area contributed by atoms with Gasteiger partial charge in [0.1, 0.15) is 10.6 Å². The van der Waals surface area contributed by atoms with Crippen molar-refractivity contribution in [2.24, 2.45) is 17.3 Å². The molecule has 1 heterocycles. The second-order valence-corrected chi connectivity index (χ2v) is 7.24. The lowest BCUT2D eigenvalue weighted by Crippen LogP contribution is -2.43. The molecule has 4 nitrogen and oxygen atoms in total. The van der Waals surface area contributed by atoms with Gasteiger partial charge in [0, 0.05) is 11.6 Å². The first-order valence-electron chi connectivity index (χ1n) is 6.60. The lowest BCUT2D eigenvalue weighted by molar-refractivity contribution is -0.151. The summed E-state index contributed by atoms with van der Waals surface area (Å²) in [5.74, 6) is -0.988. The quantitative estimate of drug-likeness (QED) is 0.895. The van der Waals surface area contributed by atoms with Gasteiger partial charge in [-0.1, -0.05) is 13.8 Å². The average Bonchev–Trinajstić information content (AvgIpc) is 2.80. The summed E-state index contributed by atoms with van der Waals surface area (Å²) in [7, 11) is 0. The fraction of sp³-hybridized carbons (Fsp3) is 0.714. The van der Waals surface area contributed by atoms with Gasteiger partial charge >= 0.3 is 5.97 Å². The maximum atomic E-state index is 11.3. The molecule has 0 bridgehead atoms. The van der Waals surface area contributed by atoms with Crippen LogP contribution in [0.4, 0.5) is 0 Å². The molecule has 0 unspecified atom stereocenters. The van der Waals surface area contributed by atoms with Crippen LogP contribution in [0.1, 0.15) is 45.0 Å². The molecule has 19 heavy (non-hydrogen) atoms. The molecule has 2 N–H and O–H groups in total. The highest BCUT2D eigenvalue weighted by molar-refractivity contribution is 7.09. The SMILES string of the molecule is CC1(C)C[C@@H]([C@@](C)(O)c2nccs2)CC[C@@H]1C(=O)O. The molecule has 1 fully saturated rings. The molecule has 1 aromatic heterocycles. The molecule has 1 aliphatic rings. The number of aliphatic hydroxyl groups is 1. The minimum absolute atomic E-state index is 0.0595. The summed E-state index contributed by atoms with van der Waals surface area (Å²) < 4.78 is 0. The van der Waals surface area contributed by atoms with Crippen molar-refractivity contribution < 1.29 is 15.0 Å². The topological polar surface area (TPSA) is 70.4 Å². The van der Waals surface area contributed by atoms with Crippen LogP contribution in [0, 0.1) is 17.3 Å². The Morgan fingerprint density at radius 3 is 2.68 bits per heavy atom. The molecule has 1 aromatic rings. The molecule has 106 valence electrons. The largest absolute Gasteiger partial charge is 0.481 e. The fourth-order valence-electron chi connectivity index (χ4n) is 3.22. The third-order valence-electron chi connectivity index (χ3n) is 4.48. The number of carboxylic acid groups (broad SMARTS) is 1. The number of aromatic nitrogens is 1. The number of aliphatic carboxylic acids is 1. The van der Waals surface area contributed by atoms with Gasteiger partial charge in [0.2, 0.25) is 0 Å². The van der Waals surface area contributed by atoms with Crippen LogP contribution in [-0.4, -0.2) is 21.2 Å². The summed E-state index contributed by atoms with van der Waals surface area (Å²) in [5, 5.41) is 22.6. The van der Waals surface area contributed by atoms with E-state index in [4.69, 9.17) is 0 Å². The minimum Gasteiger partial charge on any atom is -0.481 e. The zero-order valence-corrected chi connectivity index (χ0v) is 12.4. The van der Waals surface area contributed by atoms with Crippen LogP contribution in [0.5, 0.6) is 0 Å². The number of carboxylic acids is 1. The maximum Gasteiger partial charge on any atom is 0.307 e. The van der Waals surface area contributed by atoms with E-state index in [1.54, 1.807) is 13.1 Å². The smallest absolute Gasteiger partial charge is 0.307 e. The molecule has 0 radical (unpaired) electrons. The highest BCUT2D eigenvalue weighted by atomic mass is 32.1. The van der Waals surface area contributed by atoms with Gasteiger partial charge in [0.15, 0.2) is 0 Å². The number of hydrogen-bond acceptors (Lipinski definition) is 4. The summed E-state index contributed by atoms with van der Waals surface area (Å²) in [6.07, 6.45) is 3.75. The highest BCUT2D eigenvalue weighted by Gasteiger charge is 2.47. The van der Waals surface area contributed by atoms with Crippen molar-refractivity contribution in [3.8, 4) is 0 Å². The third-order valence-corrected chi connectivity index (χ3v) is 5.48. The van der Waals surface area contributed by atoms with Gasteiger partial charge in [-0.2, -0.15) is 0 Å². The molecule has 5 heteroatoms. The lowest BCUT2D eigenvalue weighted by atomic mass is 9.62. The molecular weight excluding hydrogens is 262 g/mol. The van der Waals surface area contributed by atoms with Gasteiger partial charge in [-0.3, -0.25) is 4.79 Å². The molecule has 2 rings (SSSR count). The molecule has 0 saturated heterocycles. The standard InChI is InChI=1S/C14H21NO3S/c1-13(2)8-9(4-5-10(13)11(16)17)14(3,18)12-15-6-7-19-12/h6-7,9-10,18H,4-5,8H2,1-3H3,(H,16,17)/t9-,10+,14+/m0/s1. The van der Waals surface area contributed by atoms with E-state index in [0.29, 0.717) is 12.8 Å². The summed E-state index contributed by atoms with van der Waals surface area (Å²) >= 11 is 1.45. The number of carbonyl (C=O) groups is 1. The molecule has 1 saturated carbocycles. The Balaban J connectivity index is 2.19. The summed E-state index contributed by atoms with van der Waals surface area (Å²) in [4.78, 5) is 15.5. The fourth-order valence-corrected chi connectivity index (χ4v) is 4.00. The normalized spacial score (nSPS) is 29.7. The Morgan fingerprint density at radius 2 is 2.21 bits per heavy atom. The molecular formula is C14H21NO3S. The predicted molar refractivity (Wildman–Crippen MR) is 73.9 cm³/mol. The van der Waals surface area contributed by atoms with E-state index in [9.17, 15) is 15.0 Å². The van der Waals surface area contributed by atoms with Gasteiger partial charge < -0.3 is 10.2 Å². The van der Waals surface area contributed by atoms with Crippen molar-refractivity contribution in [3.05, 3.63) is 16.6 Å². The van der Waals surface area contributed by atoms with Crippen LogP contribution in [0.25, 0.3) is 0 Å². The average molecular weight is 283 g/mol. The zero-order chi connectivity index (χ0) is 14.3. The van der Waals surface area contributed by atoms with Gasteiger partial charge in [0.25, 0.3) is 0 Å². The van der Waals surface area contributed by atoms with E-state index < -0.39 is 11.6 Å². The monoisotopic (exact) mass is 283 g/mol. The van der Waals surface area contributed by atoms with Crippen molar-refractivity contribution in [3.63, 3.8) is 0 Å². The van der Waals surface area contributed by atoms with Crippen LogP contribution in [0.15, 0.2) is 11.6 Å². The number of nitrogens with zero attached hydrogens (tertiary/aromatic N) is 1. The zero-order valence-electron chi connectivity index (χ0n) is 11.6. The van der Waals surface area contributed by atoms with Gasteiger partial charge in [0.05, 0.1) is 5.92 Å². The van der Waals surface area contributed by atoms with Crippen molar-refractivity contribution in [1.82, 2.24) is 4.98 Å². The Kier molecular flexibility index (Phi) is 3.71. The van der Waals surface area contributed by atoms with E-state index in [0.717, 1.165) is 11.4 Å². The second-order valence-electron chi connectivity index (χ2n) is 6.34. The van der Waals surface area contributed by atoms with Crippen LogP contribution in [0.2, 0.25) is 0 Å². The first-order valence-corrected chi connectivity index (χ1v) is 7.48.